The van der Waals surface area contributed by atoms with Gasteiger partial charge in [-0.3, -0.25) is 9.36 Å². The molecule has 3 aromatic rings. The predicted molar refractivity (Wildman–Crippen MR) is 78.1 cm³/mol. The number of imidazole rings is 1. The normalized spacial score (nSPS) is 12.1. The molecular formula is C16H14FN3O2. The van der Waals surface area contributed by atoms with E-state index in [9.17, 15) is 9.18 Å². The summed E-state index contributed by atoms with van der Waals surface area (Å²) in [7, 11) is 0. The molecule has 1 unspecified atom stereocenters. The number of nitrogens with zero attached hydrogens (tertiary/aromatic N) is 2. The number of furan rings is 1. The molecule has 5 nitrogen and oxygen atoms in total. The molecule has 0 fully saturated rings. The lowest BCUT2D eigenvalue weighted by Crippen LogP contribution is -2.28. The molecule has 0 aliphatic carbocycles. The van der Waals surface area contributed by atoms with E-state index in [1.807, 2.05) is 6.92 Å². The van der Waals surface area contributed by atoms with E-state index in [0.29, 0.717) is 17.1 Å². The van der Waals surface area contributed by atoms with E-state index < -0.39 is 0 Å². The number of aromatic nitrogens is 2. The van der Waals surface area contributed by atoms with Crippen LogP contribution in [-0.4, -0.2) is 15.5 Å². The van der Waals surface area contributed by atoms with Gasteiger partial charge in [-0.1, -0.05) is 0 Å². The van der Waals surface area contributed by atoms with Crippen molar-refractivity contribution in [1.82, 2.24) is 14.9 Å². The Kier molecular flexibility index (Phi) is 3.74. The van der Waals surface area contributed by atoms with Crippen LogP contribution in [0.2, 0.25) is 0 Å². The standard InChI is InChI=1S/C16H14FN3O2/c1-11(15-3-2-8-22-15)19-16(21)14-9-18-10-20(14)13-6-4-12(17)5-7-13/h2-11H,1H3,(H,19,21). The second-order valence-corrected chi connectivity index (χ2v) is 4.84. The van der Waals surface area contributed by atoms with Gasteiger partial charge in [-0.15, -0.1) is 0 Å². The summed E-state index contributed by atoms with van der Waals surface area (Å²) >= 11 is 0. The molecule has 1 amide bonds. The fraction of sp³-hybridized carbons (Fsp3) is 0.125. The fourth-order valence-corrected chi connectivity index (χ4v) is 2.15. The Balaban J connectivity index is 1.82. The van der Waals surface area contributed by atoms with Gasteiger partial charge in [0.25, 0.3) is 5.91 Å². The van der Waals surface area contributed by atoms with Crippen LogP contribution in [0.25, 0.3) is 5.69 Å². The Morgan fingerprint density at radius 3 is 2.77 bits per heavy atom. The molecule has 1 N–H and O–H groups in total. The molecule has 2 heterocycles. The molecule has 0 saturated heterocycles. The monoisotopic (exact) mass is 299 g/mol. The van der Waals surface area contributed by atoms with Crippen molar-refractivity contribution in [2.45, 2.75) is 13.0 Å². The second kappa shape index (κ2) is 5.85. The van der Waals surface area contributed by atoms with Crippen LogP contribution in [0.5, 0.6) is 0 Å². The molecular weight excluding hydrogens is 285 g/mol. The van der Waals surface area contributed by atoms with Gasteiger partial charge in [-0.2, -0.15) is 0 Å². The quantitative estimate of drug-likeness (QED) is 0.805. The maximum absolute atomic E-state index is 13.0. The van der Waals surface area contributed by atoms with Gasteiger partial charge in [0, 0.05) is 5.69 Å². The van der Waals surface area contributed by atoms with Crippen LogP contribution in [-0.2, 0) is 0 Å². The summed E-state index contributed by atoms with van der Waals surface area (Å²) in [5.41, 5.74) is 1.03. The highest BCUT2D eigenvalue weighted by atomic mass is 19.1. The first-order valence-corrected chi connectivity index (χ1v) is 6.77. The van der Waals surface area contributed by atoms with Crippen molar-refractivity contribution in [1.29, 1.82) is 0 Å². The third-order valence-corrected chi connectivity index (χ3v) is 3.29. The van der Waals surface area contributed by atoms with Crippen LogP contribution in [0.4, 0.5) is 4.39 Å². The van der Waals surface area contributed by atoms with Crippen molar-refractivity contribution < 1.29 is 13.6 Å². The zero-order chi connectivity index (χ0) is 15.5. The summed E-state index contributed by atoms with van der Waals surface area (Å²) in [6.45, 7) is 1.83. The molecule has 112 valence electrons. The van der Waals surface area contributed by atoms with Crippen LogP contribution in [0.15, 0.2) is 59.6 Å². The number of carbonyl (C=O) groups excluding carboxylic acids is 1. The number of hydrogen-bond acceptors (Lipinski definition) is 3. The van der Waals surface area contributed by atoms with Crippen LogP contribution in [0.3, 0.4) is 0 Å². The summed E-state index contributed by atoms with van der Waals surface area (Å²) in [5.74, 6) is 0.0493. The number of amides is 1. The Morgan fingerprint density at radius 2 is 2.09 bits per heavy atom. The zero-order valence-electron chi connectivity index (χ0n) is 11.9. The van der Waals surface area contributed by atoms with E-state index in [-0.39, 0.29) is 17.8 Å². The smallest absolute Gasteiger partial charge is 0.270 e. The minimum absolute atomic E-state index is 0.265. The Morgan fingerprint density at radius 1 is 1.32 bits per heavy atom. The van der Waals surface area contributed by atoms with Crippen molar-refractivity contribution in [2.75, 3.05) is 0 Å². The molecule has 1 atom stereocenters. The summed E-state index contributed by atoms with van der Waals surface area (Å²) in [4.78, 5) is 16.4. The second-order valence-electron chi connectivity index (χ2n) is 4.84. The van der Waals surface area contributed by atoms with Gasteiger partial charge in [-0.25, -0.2) is 9.37 Å². The molecule has 2 aromatic heterocycles. The third-order valence-electron chi connectivity index (χ3n) is 3.29. The maximum atomic E-state index is 13.0. The Labute approximate surface area is 126 Å². The van der Waals surface area contributed by atoms with Crippen LogP contribution in [0, 0.1) is 5.82 Å². The Hall–Kier alpha value is -2.89. The lowest BCUT2D eigenvalue weighted by atomic mass is 10.2. The van der Waals surface area contributed by atoms with Gasteiger partial charge in [0.15, 0.2) is 0 Å². The van der Waals surface area contributed by atoms with Gasteiger partial charge in [0.2, 0.25) is 0 Å². The summed E-state index contributed by atoms with van der Waals surface area (Å²) in [6.07, 6.45) is 4.54. The summed E-state index contributed by atoms with van der Waals surface area (Å²) in [6, 6.07) is 9.14. The van der Waals surface area contributed by atoms with Gasteiger partial charge in [0.1, 0.15) is 17.3 Å². The van der Waals surface area contributed by atoms with Crippen molar-refractivity contribution in [3.63, 3.8) is 0 Å². The number of carbonyl (C=O) groups is 1. The van der Waals surface area contributed by atoms with Crippen molar-refractivity contribution in [2.24, 2.45) is 0 Å². The van der Waals surface area contributed by atoms with Crippen LogP contribution < -0.4 is 5.32 Å². The molecule has 0 saturated carbocycles. The number of rotatable bonds is 4. The Bertz CT molecular complexity index is 763. The molecule has 1 aromatic carbocycles. The van der Waals surface area contributed by atoms with Gasteiger partial charge in [-0.05, 0) is 43.3 Å². The average Bonchev–Trinajstić information content (AvgIpc) is 3.19. The van der Waals surface area contributed by atoms with E-state index in [4.69, 9.17) is 4.42 Å². The fourth-order valence-electron chi connectivity index (χ4n) is 2.15. The van der Waals surface area contributed by atoms with Crippen molar-refractivity contribution >= 4 is 5.91 Å². The minimum Gasteiger partial charge on any atom is -0.467 e. The molecule has 0 aliphatic heterocycles. The maximum Gasteiger partial charge on any atom is 0.270 e. The number of benzene rings is 1. The van der Waals surface area contributed by atoms with Gasteiger partial charge >= 0.3 is 0 Å². The van der Waals surface area contributed by atoms with Crippen molar-refractivity contribution in [3.05, 3.63) is 72.5 Å². The van der Waals surface area contributed by atoms with Gasteiger partial charge in [0.05, 0.1) is 24.8 Å². The van der Waals surface area contributed by atoms with Gasteiger partial charge < -0.3 is 9.73 Å². The van der Waals surface area contributed by atoms with E-state index in [2.05, 4.69) is 10.3 Å². The number of hydrogen-bond donors (Lipinski definition) is 1. The summed E-state index contributed by atoms with van der Waals surface area (Å²) < 4.78 is 19.9. The highest BCUT2D eigenvalue weighted by molar-refractivity contribution is 5.93. The highest BCUT2D eigenvalue weighted by Gasteiger charge is 2.17. The first kappa shape index (κ1) is 14.1. The van der Waals surface area contributed by atoms with E-state index in [0.717, 1.165) is 0 Å². The topological polar surface area (TPSA) is 60.1 Å². The molecule has 3 rings (SSSR count). The lowest BCUT2D eigenvalue weighted by molar-refractivity contribution is 0.0928. The van der Waals surface area contributed by atoms with E-state index in [1.165, 1.54) is 24.7 Å². The molecule has 0 spiro atoms. The number of halogens is 1. The third kappa shape index (κ3) is 2.76. The number of nitrogens with one attached hydrogen (secondary N) is 1. The zero-order valence-corrected chi connectivity index (χ0v) is 11.9. The largest absolute Gasteiger partial charge is 0.467 e. The average molecular weight is 299 g/mol. The molecule has 22 heavy (non-hydrogen) atoms. The highest BCUT2D eigenvalue weighted by Crippen LogP contribution is 2.15. The van der Waals surface area contributed by atoms with Crippen molar-refractivity contribution in [3.8, 4) is 5.69 Å². The molecule has 0 radical (unpaired) electrons. The first-order chi connectivity index (χ1) is 10.6. The minimum atomic E-state index is -0.332. The molecule has 6 heteroatoms. The molecule has 0 aliphatic rings. The van der Waals surface area contributed by atoms with E-state index >= 15 is 0 Å². The summed E-state index contributed by atoms with van der Waals surface area (Å²) in [5, 5.41) is 2.84. The van der Waals surface area contributed by atoms with Crippen LogP contribution >= 0.6 is 0 Å². The molecule has 0 bridgehead atoms. The SMILES string of the molecule is CC(NC(=O)c1cncn1-c1ccc(F)cc1)c1ccco1. The first-order valence-electron chi connectivity index (χ1n) is 6.77. The van der Waals surface area contributed by atoms with Crippen LogP contribution in [0.1, 0.15) is 29.2 Å². The predicted octanol–water partition coefficient (Wildman–Crippen LogP) is 3.10. The van der Waals surface area contributed by atoms with E-state index in [1.54, 1.807) is 35.1 Å². The lowest BCUT2D eigenvalue weighted by Gasteiger charge is -2.13.